The Morgan fingerprint density at radius 3 is 1.98 bits per heavy atom. The number of para-hydroxylation sites is 1. The fraction of sp³-hybridized carbons (Fsp3) is 0.424. The third-order valence-corrected chi connectivity index (χ3v) is 10.6. The molecule has 218 valence electrons. The molecule has 0 radical (unpaired) electrons. The molecular formula is C33H41N3O4S. The van der Waals surface area contributed by atoms with Gasteiger partial charge in [-0.05, 0) is 73.1 Å². The van der Waals surface area contributed by atoms with Crippen molar-refractivity contribution in [3.05, 3.63) is 89.5 Å². The highest BCUT2D eigenvalue weighted by Gasteiger charge is 2.51. The minimum atomic E-state index is -3.76. The highest BCUT2D eigenvalue weighted by molar-refractivity contribution is 7.89. The predicted octanol–water partition coefficient (Wildman–Crippen LogP) is 5.42. The third kappa shape index (κ3) is 5.18. The average molecular weight is 576 g/mol. The molecule has 0 saturated carbocycles. The van der Waals surface area contributed by atoms with Gasteiger partial charge in [0, 0.05) is 29.9 Å². The molecule has 2 N–H and O–H groups in total. The molecular weight excluding hydrogens is 534 g/mol. The van der Waals surface area contributed by atoms with Crippen LogP contribution in [0, 0.1) is 10.8 Å². The first-order valence-electron chi connectivity index (χ1n) is 14.1. The second kappa shape index (κ2) is 9.68. The van der Waals surface area contributed by atoms with E-state index in [-0.39, 0.29) is 15.7 Å². The number of amides is 1. The van der Waals surface area contributed by atoms with Gasteiger partial charge in [0.2, 0.25) is 10.0 Å². The quantitative estimate of drug-likeness (QED) is 0.410. The van der Waals surface area contributed by atoms with E-state index in [9.17, 15) is 18.3 Å². The van der Waals surface area contributed by atoms with E-state index in [0.717, 1.165) is 24.3 Å². The molecule has 0 aromatic heterocycles. The first-order valence-corrected chi connectivity index (χ1v) is 15.6. The number of fused-ring (bicyclic) bond motifs is 1. The predicted molar refractivity (Wildman–Crippen MR) is 163 cm³/mol. The maximum atomic E-state index is 13.9. The summed E-state index contributed by atoms with van der Waals surface area (Å²) in [4.78, 5) is 18.0. The van der Waals surface area contributed by atoms with Crippen LogP contribution in [0.3, 0.4) is 0 Å². The summed E-state index contributed by atoms with van der Waals surface area (Å²) in [6.45, 7) is 16.8. The van der Waals surface area contributed by atoms with Crippen molar-refractivity contribution in [1.29, 1.82) is 0 Å². The SMILES string of the molecule is CC(C)(C)NS(=O)(=O)c1ccc(C2(O)C(=O)N(Cc3ccc(N4CC(C)(C)C(C)(C)C4)cc3)c3ccccc32)cc1. The maximum absolute atomic E-state index is 13.9. The molecule has 1 unspecified atom stereocenters. The summed E-state index contributed by atoms with van der Waals surface area (Å²) in [5.41, 5.74) is 1.38. The van der Waals surface area contributed by atoms with Crippen molar-refractivity contribution in [3.63, 3.8) is 0 Å². The number of aliphatic hydroxyl groups is 1. The third-order valence-electron chi connectivity index (χ3n) is 8.81. The summed E-state index contributed by atoms with van der Waals surface area (Å²) in [5.74, 6) is -0.464. The molecule has 0 spiro atoms. The van der Waals surface area contributed by atoms with Crippen LogP contribution < -0.4 is 14.5 Å². The summed E-state index contributed by atoms with van der Waals surface area (Å²) in [7, 11) is -3.76. The molecule has 0 bridgehead atoms. The van der Waals surface area contributed by atoms with E-state index in [2.05, 4.69) is 49.4 Å². The molecule has 2 heterocycles. The lowest BCUT2D eigenvalue weighted by Crippen LogP contribution is -2.41. The van der Waals surface area contributed by atoms with Crippen molar-refractivity contribution < 1.29 is 18.3 Å². The summed E-state index contributed by atoms with van der Waals surface area (Å²) in [5, 5.41) is 11.9. The first-order chi connectivity index (χ1) is 18.9. The zero-order chi connectivity index (χ0) is 30.0. The van der Waals surface area contributed by atoms with Crippen LogP contribution in [0.25, 0.3) is 0 Å². The zero-order valence-corrected chi connectivity index (χ0v) is 25.8. The Hall–Kier alpha value is -3.20. The van der Waals surface area contributed by atoms with E-state index < -0.39 is 27.1 Å². The van der Waals surface area contributed by atoms with Crippen molar-refractivity contribution in [2.45, 2.75) is 71.0 Å². The number of anilines is 2. The molecule has 3 aromatic carbocycles. The number of hydrogen-bond donors (Lipinski definition) is 2. The van der Waals surface area contributed by atoms with Gasteiger partial charge in [0.1, 0.15) is 0 Å². The molecule has 1 saturated heterocycles. The molecule has 5 rings (SSSR count). The topological polar surface area (TPSA) is 89.9 Å². The average Bonchev–Trinajstić information content (AvgIpc) is 3.24. The van der Waals surface area contributed by atoms with Gasteiger partial charge in [0.15, 0.2) is 5.60 Å². The summed E-state index contributed by atoms with van der Waals surface area (Å²) in [6.07, 6.45) is 0. The lowest BCUT2D eigenvalue weighted by atomic mass is 9.71. The number of nitrogens with one attached hydrogen (secondary N) is 1. The van der Waals surface area contributed by atoms with Gasteiger partial charge in [-0.2, -0.15) is 0 Å². The monoisotopic (exact) mass is 575 g/mol. The van der Waals surface area contributed by atoms with Crippen molar-refractivity contribution >= 4 is 27.3 Å². The Morgan fingerprint density at radius 2 is 1.41 bits per heavy atom. The van der Waals surface area contributed by atoms with Gasteiger partial charge in [0.05, 0.1) is 17.1 Å². The van der Waals surface area contributed by atoms with Gasteiger partial charge in [-0.3, -0.25) is 4.79 Å². The second-order valence-corrected chi connectivity index (χ2v) is 15.5. The molecule has 1 fully saturated rings. The Kier molecular flexibility index (Phi) is 6.92. The van der Waals surface area contributed by atoms with Crippen LogP contribution in [0.4, 0.5) is 11.4 Å². The fourth-order valence-electron chi connectivity index (χ4n) is 5.82. The number of hydrogen-bond acceptors (Lipinski definition) is 5. The first kappa shape index (κ1) is 29.3. The van der Waals surface area contributed by atoms with Crippen LogP contribution in [0.5, 0.6) is 0 Å². The lowest BCUT2D eigenvalue weighted by Gasteiger charge is -2.32. The van der Waals surface area contributed by atoms with Crippen molar-refractivity contribution in [2.75, 3.05) is 22.9 Å². The molecule has 7 nitrogen and oxygen atoms in total. The lowest BCUT2D eigenvalue weighted by molar-refractivity contribution is -0.132. The molecule has 2 aliphatic rings. The van der Waals surface area contributed by atoms with Gasteiger partial charge in [0.25, 0.3) is 5.91 Å². The molecule has 8 heteroatoms. The second-order valence-electron chi connectivity index (χ2n) is 13.8. The summed E-state index contributed by atoms with van der Waals surface area (Å²) < 4.78 is 28.2. The van der Waals surface area contributed by atoms with Crippen LogP contribution in [-0.2, 0) is 27.0 Å². The van der Waals surface area contributed by atoms with E-state index >= 15 is 0 Å². The Labute approximate surface area is 244 Å². The molecule has 2 aliphatic heterocycles. The number of sulfonamides is 1. The van der Waals surface area contributed by atoms with Gasteiger partial charge in [-0.15, -0.1) is 0 Å². The number of carbonyl (C=O) groups excluding carboxylic acids is 1. The molecule has 0 aliphatic carbocycles. The minimum absolute atomic E-state index is 0.0697. The largest absolute Gasteiger partial charge is 0.372 e. The summed E-state index contributed by atoms with van der Waals surface area (Å²) in [6, 6.07) is 21.4. The van der Waals surface area contributed by atoms with Gasteiger partial charge >= 0.3 is 0 Å². The van der Waals surface area contributed by atoms with Gasteiger partial charge in [-0.1, -0.05) is 70.2 Å². The van der Waals surface area contributed by atoms with Gasteiger partial charge < -0.3 is 14.9 Å². The van der Waals surface area contributed by atoms with Crippen LogP contribution in [0.2, 0.25) is 0 Å². The zero-order valence-electron chi connectivity index (χ0n) is 25.0. The fourth-order valence-corrected chi connectivity index (χ4v) is 7.24. The van der Waals surface area contributed by atoms with Crippen LogP contribution in [0.15, 0.2) is 77.7 Å². The Morgan fingerprint density at radius 1 is 0.854 bits per heavy atom. The highest BCUT2D eigenvalue weighted by Crippen LogP contribution is 2.47. The molecule has 1 atom stereocenters. The maximum Gasteiger partial charge on any atom is 0.268 e. The van der Waals surface area contributed by atoms with E-state index in [1.165, 1.54) is 24.3 Å². The summed E-state index contributed by atoms with van der Waals surface area (Å²) >= 11 is 0. The van der Waals surface area contributed by atoms with E-state index in [0.29, 0.717) is 23.4 Å². The number of rotatable bonds is 6. The number of benzene rings is 3. The Balaban J connectivity index is 1.41. The number of nitrogens with zero attached hydrogens (tertiary/aromatic N) is 2. The van der Waals surface area contributed by atoms with Crippen molar-refractivity contribution in [2.24, 2.45) is 10.8 Å². The normalized spacial score (nSPS) is 21.8. The van der Waals surface area contributed by atoms with Crippen LogP contribution >= 0.6 is 0 Å². The Bertz CT molecular complexity index is 1560. The van der Waals surface area contributed by atoms with Crippen LogP contribution in [-0.4, -0.2) is 38.1 Å². The van der Waals surface area contributed by atoms with Crippen LogP contribution in [0.1, 0.15) is 65.2 Å². The van der Waals surface area contributed by atoms with Crippen molar-refractivity contribution in [1.82, 2.24) is 4.72 Å². The standard InChI is InChI=1S/C33H41N3O4S/c1-30(2,3)34-41(39,40)26-18-14-24(15-19-26)33(38)27-10-8-9-11-28(27)36(29(33)37)20-23-12-16-25(17-13-23)35-21-31(4,5)32(6,7)22-35/h8-19,34,38H,20-22H2,1-7H3. The van der Waals surface area contributed by atoms with Crippen molar-refractivity contribution in [3.8, 4) is 0 Å². The minimum Gasteiger partial charge on any atom is -0.372 e. The smallest absolute Gasteiger partial charge is 0.268 e. The van der Waals surface area contributed by atoms with Gasteiger partial charge in [-0.25, -0.2) is 13.1 Å². The molecule has 41 heavy (non-hydrogen) atoms. The molecule has 1 amide bonds. The molecule has 3 aromatic rings. The highest BCUT2D eigenvalue weighted by atomic mass is 32.2. The van der Waals surface area contributed by atoms with E-state index in [4.69, 9.17) is 0 Å². The van der Waals surface area contributed by atoms with E-state index in [1.807, 2.05) is 24.3 Å². The number of carbonyl (C=O) groups is 1. The van der Waals surface area contributed by atoms with E-state index in [1.54, 1.807) is 37.8 Å².